The van der Waals surface area contributed by atoms with E-state index in [-0.39, 0.29) is 11.1 Å². The minimum absolute atomic E-state index is 0.0691. The van der Waals surface area contributed by atoms with Gasteiger partial charge in [-0.3, -0.25) is 9.88 Å². The molecule has 5 heteroatoms. The molecular formula is C24H35N3O2. The predicted octanol–water partition coefficient (Wildman–Crippen LogP) is 4.41. The summed E-state index contributed by atoms with van der Waals surface area (Å²) >= 11 is 0. The number of aromatic nitrogens is 1. The number of benzene rings is 1. The lowest BCUT2D eigenvalue weighted by atomic mass is 9.79. The van der Waals surface area contributed by atoms with Crippen LogP contribution < -0.4 is 14.8 Å². The molecule has 1 aliphatic heterocycles. The summed E-state index contributed by atoms with van der Waals surface area (Å²) in [5, 5.41) is 3.80. The zero-order valence-corrected chi connectivity index (χ0v) is 18.7. The minimum atomic E-state index is 0.0691. The molecule has 1 aromatic heterocycles. The van der Waals surface area contributed by atoms with E-state index < -0.39 is 0 Å². The molecule has 5 nitrogen and oxygen atoms in total. The van der Waals surface area contributed by atoms with Gasteiger partial charge in [-0.15, -0.1) is 0 Å². The molecule has 0 amide bonds. The van der Waals surface area contributed by atoms with E-state index in [1.807, 2.05) is 30.5 Å². The number of hydrogen-bond acceptors (Lipinski definition) is 5. The zero-order valence-electron chi connectivity index (χ0n) is 18.7. The van der Waals surface area contributed by atoms with E-state index >= 15 is 0 Å². The van der Waals surface area contributed by atoms with E-state index in [1.165, 1.54) is 0 Å². The Balaban J connectivity index is 1.96. The van der Waals surface area contributed by atoms with Gasteiger partial charge in [0.25, 0.3) is 0 Å². The first kappa shape index (κ1) is 21.6. The first-order chi connectivity index (χ1) is 13.7. The van der Waals surface area contributed by atoms with Crippen molar-refractivity contribution in [3.63, 3.8) is 0 Å². The van der Waals surface area contributed by atoms with Crippen molar-refractivity contribution < 1.29 is 9.47 Å². The minimum Gasteiger partial charge on any atom is -0.496 e. The van der Waals surface area contributed by atoms with Gasteiger partial charge in [0.2, 0.25) is 0 Å². The number of rotatable bonds is 7. The van der Waals surface area contributed by atoms with Crippen LogP contribution in [0.2, 0.25) is 0 Å². The summed E-state index contributed by atoms with van der Waals surface area (Å²) in [4.78, 5) is 7.13. The Morgan fingerprint density at radius 2 is 1.55 bits per heavy atom. The third-order valence-corrected chi connectivity index (χ3v) is 5.67. The number of hydrogen-bond donors (Lipinski definition) is 1. The molecule has 1 aromatic carbocycles. The summed E-state index contributed by atoms with van der Waals surface area (Å²) in [6.07, 6.45) is 4.01. The Hall–Kier alpha value is -2.11. The van der Waals surface area contributed by atoms with E-state index in [9.17, 15) is 0 Å². The molecule has 0 aliphatic carbocycles. The summed E-state index contributed by atoms with van der Waals surface area (Å²) in [6, 6.07) is 12.5. The maximum absolute atomic E-state index is 5.67. The van der Waals surface area contributed by atoms with Gasteiger partial charge in [0.05, 0.1) is 25.5 Å². The molecule has 2 aromatic rings. The second-order valence-corrected chi connectivity index (χ2v) is 9.32. The average Bonchev–Trinajstić information content (AvgIpc) is 2.66. The molecule has 158 valence electrons. The molecule has 1 aliphatic rings. The van der Waals surface area contributed by atoms with Gasteiger partial charge in [-0.1, -0.05) is 12.1 Å². The van der Waals surface area contributed by atoms with E-state index in [0.29, 0.717) is 6.04 Å². The fourth-order valence-electron chi connectivity index (χ4n) is 4.83. The molecule has 0 bridgehead atoms. The highest BCUT2D eigenvalue weighted by Gasteiger charge is 2.40. The molecule has 0 atom stereocenters. The van der Waals surface area contributed by atoms with Crippen LogP contribution in [-0.4, -0.2) is 41.2 Å². The largest absolute Gasteiger partial charge is 0.496 e. The Morgan fingerprint density at radius 3 is 2.07 bits per heavy atom. The molecule has 3 rings (SSSR count). The summed E-state index contributed by atoms with van der Waals surface area (Å²) in [7, 11) is 3.44. The topological polar surface area (TPSA) is 46.6 Å². The first-order valence-electron chi connectivity index (χ1n) is 10.4. The van der Waals surface area contributed by atoms with E-state index in [0.717, 1.165) is 48.7 Å². The zero-order chi connectivity index (χ0) is 21.1. The lowest BCUT2D eigenvalue weighted by molar-refractivity contribution is 0.0547. The van der Waals surface area contributed by atoms with Gasteiger partial charge < -0.3 is 14.8 Å². The van der Waals surface area contributed by atoms with Gasteiger partial charge in [-0.2, -0.15) is 0 Å². The molecule has 1 saturated heterocycles. The number of pyridine rings is 1. The lowest BCUT2D eigenvalue weighted by Crippen LogP contribution is -2.62. The highest BCUT2D eigenvalue weighted by molar-refractivity contribution is 5.44. The van der Waals surface area contributed by atoms with Crippen LogP contribution in [0.15, 0.2) is 42.6 Å². The predicted molar refractivity (Wildman–Crippen MR) is 117 cm³/mol. The van der Waals surface area contributed by atoms with Crippen molar-refractivity contribution in [2.24, 2.45) is 0 Å². The Labute approximate surface area is 175 Å². The van der Waals surface area contributed by atoms with Crippen molar-refractivity contribution >= 4 is 0 Å². The van der Waals surface area contributed by atoms with Crippen molar-refractivity contribution in [1.82, 2.24) is 15.2 Å². The first-order valence-corrected chi connectivity index (χ1v) is 10.4. The van der Waals surface area contributed by atoms with Gasteiger partial charge in [-0.25, -0.2) is 0 Å². The molecule has 0 saturated carbocycles. The molecule has 1 fully saturated rings. The quantitative estimate of drug-likeness (QED) is 0.750. The van der Waals surface area contributed by atoms with Crippen LogP contribution in [0.25, 0.3) is 0 Å². The Morgan fingerprint density at radius 1 is 0.931 bits per heavy atom. The van der Waals surface area contributed by atoms with Crippen molar-refractivity contribution in [3.8, 4) is 11.5 Å². The molecule has 0 spiro atoms. The van der Waals surface area contributed by atoms with Crippen LogP contribution in [0.3, 0.4) is 0 Å². The maximum atomic E-state index is 5.67. The van der Waals surface area contributed by atoms with Gasteiger partial charge in [0, 0.05) is 36.4 Å². The summed E-state index contributed by atoms with van der Waals surface area (Å²) < 4.78 is 11.3. The summed E-state index contributed by atoms with van der Waals surface area (Å²) in [6.45, 7) is 10.7. The van der Waals surface area contributed by atoms with Gasteiger partial charge in [-0.05, 0) is 64.8 Å². The highest BCUT2D eigenvalue weighted by atomic mass is 16.5. The smallest absolute Gasteiger partial charge is 0.127 e. The fourth-order valence-corrected chi connectivity index (χ4v) is 4.83. The molecule has 2 heterocycles. The SMILES string of the molecule is COc1cccc(OC)c1CN(Cc1ccccn1)C1CC(C)(C)NC(C)(C)C1. The van der Waals surface area contributed by atoms with Crippen LogP contribution in [0.4, 0.5) is 0 Å². The normalized spacial score (nSPS) is 18.6. The number of nitrogens with one attached hydrogen (secondary N) is 1. The Kier molecular flexibility index (Phi) is 6.49. The second-order valence-electron chi connectivity index (χ2n) is 9.32. The van der Waals surface area contributed by atoms with Crippen molar-refractivity contribution in [1.29, 1.82) is 0 Å². The Bertz CT molecular complexity index is 767. The maximum Gasteiger partial charge on any atom is 0.127 e. The molecule has 29 heavy (non-hydrogen) atoms. The number of nitrogens with zero attached hydrogens (tertiary/aromatic N) is 2. The van der Waals surface area contributed by atoms with E-state index in [1.54, 1.807) is 14.2 Å². The second kappa shape index (κ2) is 8.72. The van der Waals surface area contributed by atoms with Crippen LogP contribution in [0, 0.1) is 0 Å². The van der Waals surface area contributed by atoms with E-state index in [2.05, 4.69) is 55.0 Å². The van der Waals surface area contributed by atoms with Crippen LogP contribution in [-0.2, 0) is 13.1 Å². The standard InChI is InChI=1S/C24H35N3O2/c1-23(2)14-19(15-24(3,4)26-23)27(16-18-10-7-8-13-25-18)17-20-21(28-5)11-9-12-22(20)29-6/h7-13,19,26H,14-17H2,1-6H3. The third-order valence-electron chi connectivity index (χ3n) is 5.67. The van der Waals surface area contributed by atoms with Crippen molar-refractivity contribution in [2.75, 3.05) is 14.2 Å². The van der Waals surface area contributed by atoms with Crippen LogP contribution in [0.5, 0.6) is 11.5 Å². The van der Waals surface area contributed by atoms with Crippen molar-refractivity contribution in [3.05, 3.63) is 53.9 Å². The average molecular weight is 398 g/mol. The van der Waals surface area contributed by atoms with Gasteiger partial charge in [0.15, 0.2) is 0 Å². The molecule has 0 radical (unpaired) electrons. The summed E-state index contributed by atoms with van der Waals surface area (Å²) in [5.41, 5.74) is 2.30. The number of piperidine rings is 1. The van der Waals surface area contributed by atoms with Crippen LogP contribution in [0.1, 0.15) is 51.8 Å². The van der Waals surface area contributed by atoms with Gasteiger partial charge in [0.1, 0.15) is 11.5 Å². The monoisotopic (exact) mass is 397 g/mol. The molecular weight excluding hydrogens is 362 g/mol. The number of methoxy groups -OCH3 is 2. The molecule has 0 unspecified atom stereocenters. The third kappa shape index (κ3) is 5.49. The number of ether oxygens (including phenoxy) is 2. The van der Waals surface area contributed by atoms with Crippen molar-refractivity contribution in [2.45, 2.75) is 70.7 Å². The lowest BCUT2D eigenvalue weighted by Gasteiger charge is -2.49. The van der Waals surface area contributed by atoms with Gasteiger partial charge >= 0.3 is 0 Å². The summed E-state index contributed by atoms with van der Waals surface area (Å²) in [5.74, 6) is 1.73. The van der Waals surface area contributed by atoms with Crippen LogP contribution >= 0.6 is 0 Å². The van der Waals surface area contributed by atoms with E-state index in [4.69, 9.17) is 9.47 Å². The fraction of sp³-hybridized carbons (Fsp3) is 0.542. The molecule has 1 N–H and O–H groups in total. The highest BCUT2D eigenvalue weighted by Crippen LogP contribution is 2.36.